The van der Waals surface area contributed by atoms with Crippen molar-refractivity contribution in [1.29, 1.82) is 0 Å². The Morgan fingerprint density at radius 3 is 2.38 bits per heavy atom. The van der Waals surface area contributed by atoms with Crippen LogP contribution in [0.25, 0.3) is 0 Å². The van der Waals surface area contributed by atoms with Crippen LogP contribution in [0.3, 0.4) is 0 Å². The van der Waals surface area contributed by atoms with E-state index in [2.05, 4.69) is 21.0 Å². The lowest BCUT2D eigenvalue weighted by Crippen LogP contribution is -2.11. The number of benzene rings is 1. The van der Waals surface area contributed by atoms with Crippen molar-refractivity contribution in [3.05, 3.63) is 51.3 Å². The van der Waals surface area contributed by atoms with Gasteiger partial charge in [0.15, 0.2) is 0 Å². The van der Waals surface area contributed by atoms with Gasteiger partial charge in [0.25, 0.3) is 0 Å². The summed E-state index contributed by atoms with van der Waals surface area (Å²) >= 11 is 3.44. The molecule has 112 valence electrons. The number of Topliss-reactive ketones (excluding diaryl/α,β-unsaturated/α-hetero) is 1. The van der Waals surface area contributed by atoms with Crippen LogP contribution in [0.4, 0.5) is 8.78 Å². The number of aryl methyl sites for hydroxylation is 2. The molecular formula is C15H15BrF2N2O. The summed E-state index contributed by atoms with van der Waals surface area (Å²) in [5.41, 5.74) is 2.00. The highest BCUT2D eigenvalue weighted by atomic mass is 79.9. The first-order valence-electron chi connectivity index (χ1n) is 6.57. The Labute approximate surface area is 130 Å². The summed E-state index contributed by atoms with van der Waals surface area (Å²) in [5.74, 6) is -1.47. The fraction of sp³-hybridized carbons (Fsp3) is 0.333. The summed E-state index contributed by atoms with van der Waals surface area (Å²) in [4.78, 5) is 12.1. The van der Waals surface area contributed by atoms with Gasteiger partial charge in [0.05, 0.1) is 15.9 Å². The zero-order valence-electron chi connectivity index (χ0n) is 11.8. The number of carbonyl (C=O) groups is 1. The van der Waals surface area contributed by atoms with Crippen molar-refractivity contribution in [2.24, 2.45) is 7.05 Å². The zero-order valence-corrected chi connectivity index (χ0v) is 13.4. The number of nitrogens with zero attached hydrogens (tertiary/aromatic N) is 2. The van der Waals surface area contributed by atoms with Gasteiger partial charge < -0.3 is 0 Å². The van der Waals surface area contributed by atoms with E-state index in [9.17, 15) is 13.6 Å². The lowest BCUT2D eigenvalue weighted by molar-refractivity contribution is -0.117. The highest BCUT2D eigenvalue weighted by molar-refractivity contribution is 9.10. The average molecular weight is 357 g/mol. The molecule has 0 aliphatic rings. The lowest BCUT2D eigenvalue weighted by Gasteiger charge is -2.04. The number of aromatic nitrogens is 2. The largest absolute Gasteiger partial charge is 0.299 e. The fourth-order valence-corrected chi connectivity index (χ4v) is 2.96. The molecule has 1 heterocycles. The van der Waals surface area contributed by atoms with Gasteiger partial charge >= 0.3 is 0 Å². The Morgan fingerprint density at radius 1 is 1.24 bits per heavy atom. The lowest BCUT2D eigenvalue weighted by atomic mass is 10.1. The molecule has 0 radical (unpaired) electrons. The molecule has 6 heteroatoms. The number of carbonyl (C=O) groups excluding carboxylic acids is 1. The molecule has 0 fully saturated rings. The van der Waals surface area contributed by atoms with Gasteiger partial charge in [0.2, 0.25) is 0 Å². The van der Waals surface area contributed by atoms with Crippen molar-refractivity contribution in [2.45, 2.75) is 26.2 Å². The van der Waals surface area contributed by atoms with E-state index in [4.69, 9.17) is 0 Å². The Hall–Kier alpha value is -1.56. The molecule has 0 spiro atoms. The Bertz CT molecular complexity index is 662. The van der Waals surface area contributed by atoms with E-state index in [1.54, 1.807) is 11.7 Å². The molecule has 0 aliphatic carbocycles. The van der Waals surface area contributed by atoms with E-state index >= 15 is 0 Å². The summed E-state index contributed by atoms with van der Waals surface area (Å²) in [5, 5.41) is 4.31. The first kappa shape index (κ1) is 15.8. The molecule has 0 bridgehead atoms. The molecule has 3 nitrogen and oxygen atoms in total. The summed E-state index contributed by atoms with van der Waals surface area (Å²) < 4.78 is 28.7. The number of halogens is 3. The smallest absolute Gasteiger partial charge is 0.143 e. The minimum Gasteiger partial charge on any atom is -0.299 e. The average Bonchev–Trinajstić information content (AvgIpc) is 2.64. The van der Waals surface area contributed by atoms with Crippen molar-refractivity contribution in [1.82, 2.24) is 9.78 Å². The standard InChI is InChI=1S/C15H15BrF2N2O/c1-3-13-15(16)14(20(2)19-13)8-12(21)6-9-4-10(17)7-11(18)5-9/h4-5,7H,3,6,8H2,1-2H3. The van der Waals surface area contributed by atoms with E-state index < -0.39 is 11.6 Å². The Morgan fingerprint density at radius 2 is 1.86 bits per heavy atom. The van der Waals surface area contributed by atoms with Gasteiger partial charge in [0.1, 0.15) is 17.4 Å². The van der Waals surface area contributed by atoms with E-state index in [1.807, 2.05) is 6.92 Å². The van der Waals surface area contributed by atoms with Crippen LogP contribution < -0.4 is 0 Å². The number of hydrogen-bond donors (Lipinski definition) is 0. The second-order valence-electron chi connectivity index (χ2n) is 4.85. The van der Waals surface area contributed by atoms with E-state index in [1.165, 1.54) is 12.1 Å². The van der Waals surface area contributed by atoms with Gasteiger partial charge in [-0.3, -0.25) is 9.48 Å². The summed E-state index contributed by atoms with van der Waals surface area (Å²) in [6, 6.07) is 3.15. The summed E-state index contributed by atoms with van der Waals surface area (Å²) in [6.45, 7) is 1.98. The highest BCUT2D eigenvalue weighted by Gasteiger charge is 2.16. The number of hydrogen-bond acceptors (Lipinski definition) is 2. The third-order valence-corrected chi connectivity index (χ3v) is 4.11. The predicted molar refractivity (Wildman–Crippen MR) is 79.1 cm³/mol. The van der Waals surface area contributed by atoms with Crippen molar-refractivity contribution in [3.63, 3.8) is 0 Å². The third kappa shape index (κ3) is 3.75. The molecule has 0 aliphatic heterocycles. The topological polar surface area (TPSA) is 34.9 Å². The van der Waals surface area contributed by atoms with Crippen molar-refractivity contribution in [3.8, 4) is 0 Å². The minimum absolute atomic E-state index is 0.00619. The van der Waals surface area contributed by atoms with Crippen LogP contribution in [-0.4, -0.2) is 15.6 Å². The van der Waals surface area contributed by atoms with Gasteiger partial charge in [-0.15, -0.1) is 0 Å². The van der Waals surface area contributed by atoms with Crippen LogP contribution in [0.15, 0.2) is 22.7 Å². The molecule has 0 saturated heterocycles. The van der Waals surface area contributed by atoms with Crippen LogP contribution in [0.5, 0.6) is 0 Å². The summed E-state index contributed by atoms with van der Waals surface area (Å²) in [6.07, 6.45) is 0.924. The maximum Gasteiger partial charge on any atom is 0.143 e. The summed E-state index contributed by atoms with van der Waals surface area (Å²) in [7, 11) is 1.77. The maximum atomic E-state index is 13.1. The first-order valence-corrected chi connectivity index (χ1v) is 7.37. The number of ketones is 1. The predicted octanol–water partition coefficient (Wildman–Crippen LogP) is 3.38. The van der Waals surface area contributed by atoms with Crippen molar-refractivity contribution < 1.29 is 13.6 Å². The molecule has 0 N–H and O–H groups in total. The molecule has 1 aromatic carbocycles. The monoisotopic (exact) mass is 356 g/mol. The molecule has 0 saturated carbocycles. The molecular weight excluding hydrogens is 342 g/mol. The molecule has 0 amide bonds. The van der Waals surface area contributed by atoms with Gasteiger partial charge in [-0.1, -0.05) is 6.92 Å². The van der Waals surface area contributed by atoms with E-state index in [-0.39, 0.29) is 18.6 Å². The maximum absolute atomic E-state index is 13.1. The van der Waals surface area contributed by atoms with Crippen LogP contribution >= 0.6 is 15.9 Å². The Kier molecular flexibility index (Phi) is 4.88. The van der Waals surface area contributed by atoms with E-state index in [0.29, 0.717) is 5.56 Å². The van der Waals surface area contributed by atoms with Gasteiger partial charge in [-0.25, -0.2) is 8.78 Å². The molecule has 2 aromatic rings. The van der Waals surface area contributed by atoms with Gasteiger partial charge in [0, 0.05) is 26.0 Å². The van der Waals surface area contributed by atoms with Crippen LogP contribution in [0.2, 0.25) is 0 Å². The van der Waals surface area contributed by atoms with Crippen LogP contribution in [0, 0.1) is 11.6 Å². The molecule has 21 heavy (non-hydrogen) atoms. The second kappa shape index (κ2) is 6.47. The SMILES string of the molecule is CCc1nn(C)c(CC(=O)Cc2cc(F)cc(F)c2)c1Br. The van der Waals surface area contributed by atoms with Crippen molar-refractivity contribution >= 4 is 21.7 Å². The number of rotatable bonds is 5. The normalized spacial score (nSPS) is 10.9. The fourth-order valence-electron chi connectivity index (χ4n) is 2.20. The van der Waals surface area contributed by atoms with Crippen LogP contribution in [-0.2, 0) is 31.1 Å². The molecule has 1 aromatic heterocycles. The molecule has 0 unspecified atom stereocenters. The van der Waals surface area contributed by atoms with Gasteiger partial charge in [-0.2, -0.15) is 5.10 Å². The zero-order chi connectivity index (χ0) is 15.6. The first-order chi connectivity index (χ1) is 9.90. The minimum atomic E-state index is -0.673. The Balaban J connectivity index is 2.13. The molecule has 0 atom stereocenters. The third-order valence-electron chi connectivity index (χ3n) is 3.19. The van der Waals surface area contributed by atoms with Gasteiger partial charge in [-0.05, 0) is 40.0 Å². The quantitative estimate of drug-likeness (QED) is 0.822. The van der Waals surface area contributed by atoms with Crippen molar-refractivity contribution in [2.75, 3.05) is 0 Å². The second-order valence-corrected chi connectivity index (χ2v) is 5.65. The van der Waals surface area contributed by atoms with Crippen LogP contribution in [0.1, 0.15) is 23.9 Å². The molecule has 2 rings (SSSR count). The highest BCUT2D eigenvalue weighted by Crippen LogP contribution is 2.22. The van der Waals surface area contributed by atoms with E-state index in [0.717, 1.165) is 28.3 Å².